The molecule has 0 bridgehead atoms. The van der Waals surface area contributed by atoms with E-state index in [1.54, 1.807) is 0 Å². The van der Waals surface area contributed by atoms with Crippen LogP contribution in [-0.4, -0.2) is 50.1 Å². The van der Waals surface area contributed by atoms with Gasteiger partial charge in [-0.05, 0) is 39.1 Å². The van der Waals surface area contributed by atoms with Crippen molar-refractivity contribution < 1.29 is 0 Å². The van der Waals surface area contributed by atoms with Crippen molar-refractivity contribution in [2.24, 2.45) is 5.41 Å². The zero-order valence-electron chi connectivity index (χ0n) is 11.3. The highest BCUT2D eigenvalue weighted by Gasteiger charge is 2.24. The van der Waals surface area contributed by atoms with E-state index in [2.05, 4.69) is 44.3 Å². The van der Waals surface area contributed by atoms with Crippen molar-refractivity contribution in [3.05, 3.63) is 0 Å². The van der Waals surface area contributed by atoms with Crippen molar-refractivity contribution in [2.45, 2.75) is 33.2 Å². The van der Waals surface area contributed by atoms with Crippen molar-refractivity contribution >= 4 is 11.8 Å². The van der Waals surface area contributed by atoms with Gasteiger partial charge in [0.15, 0.2) is 0 Å². The number of nitrogens with one attached hydrogen (secondary N) is 1. The van der Waals surface area contributed by atoms with Gasteiger partial charge in [0.1, 0.15) is 0 Å². The minimum absolute atomic E-state index is 0.399. The van der Waals surface area contributed by atoms with E-state index in [0.717, 1.165) is 6.54 Å². The lowest BCUT2D eigenvalue weighted by molar-refractivity contribution is 0.158. The lowest BCUT2D eigenvalue weighted by Gasteiger charge is -2.35. The van der Waals surface area contributed by atoms with Crippen molar-refractivity contribution in [1.82, 2.24) is 10.2 Å². The van der Waals surface area contributed by atoms with Crippen LogP contribution in [-0.2, 0) is 0 Å². The maximum absolute atomic E-state index is 3.30. The van der Waals surface area contributed by atoms with E-state index >= 15 is 0 Å². The molecule has 2 unspecified atom stereocenters. The first-order valence-electron chi connectivity index (χ1n) is 5.83. The van der Waals surface area contributed by atoms with Crippen LogP contribution in [0.4, 0.5) is 0 Å². The van der Waals surface area contributed by atoms with Crippen molar-refractivity contribution in [2.75, 3.05) is 39.2 Å². The van der Waals surface area contributed by atoms with Gasteiger partial charge in [0.25, 0.3) is 0 Å². The van der Waals surface area contributed by atoms with Crippen molar-refractivity contribution in [3.63, 3.8) is 0 Å². The zero-order valence-corrected chi connectivity index (χ0v) is 12.1. The first-order chi connectivity index (χ1) is 6.99. The summed E-state index contributed by atoms with van der Waals surface area (Å²) in [5.41, 5.74) is 0.399. The van der Waals surface area contributed by atoms with E-state index in [0.29, 0.717) is 11.5 Å². The molecular weight excluding hydrogens is 204 g/mol. The average Bonchev–Trinajstić information content (AvgIpc) is 2.18. The molecule has 0 amide bonds. The molecule has 0 saturated heterocycles. The molecule has 3 heteroatoms. The summed E-state index contributed by atoms with van der Waals surface area (Å²) < 4.78 is 0. The molecule has 0 heterocycles. The molecule has 2 nitrogen and oxygen atoms in total. The largest absolute Gasteiger partial charge is 0.319 e. The Balaban J connectivity index is 4.15. The van der Waals surface area contributed by atoms with E-state index in [1.165, 1.54) is 18.7 Å². The van der Waals surface area contributed by atoms with E-state index in [-0.39, 0.29) is 0 Å². The highest BCUT2D eigenvalue weighted by Crippen LogP contribution is 2.22. The summed E-state index contributed by atoms with van der Waals surface area (Å²) in [5.74, 6) is 1.22. The molecule has 0 aliphatic rings. The van der Waals surface area contributed by atoms with Crippen molar-refractivity contribution in [1.29, 1.82) is 0 Å². The first kappa shape index (κ1) is 15.3. The summed E-state index contributed by atoms with van der Waals surface area (Å²) in [7, 11) is 4.28. The summed E-state index contributed by atoms with van der Waals surface area (Å²) in [6.45, 7) is 9.23. The Morgan fingerprint density at radius 3 is 2.47 bits per heavy atom. The van der Waals surface area contributed by atoms with Gasteiger partial charge in [0, 0.05) is 24.9 Å². The third-order valence-corrected chi connectivity index (χ3v) is 4.06. The summed E-state index contributed by atoms with van der Waals surface area (Å²) in [5, 5.41) is 3.30. The van der Waals surface area contributed by atoms with Crippen LogP contribution in [0.25, 0.3) is 0 Å². The number of nitrogens with zero attached hydrogens (tertiary/aromatic N) is 1. The molecule has 0 aromatic heterocycles. The summed E-state index contributed by atoms with van der Waals surface area (Å²) in [6.07, 6.45) is 3.40. The van der Waals surface area contributed by atoms with Gasteiger partial charge in [-0.2, -0.15) is 11.8 Å². The second kappa shape index (κ2) is 7.53. The molecule has 0 saturated carbocycles. The van der Waals surface area contributed by atoms with Crippen LogP contribution in [0.5, 0.6) is 0 Å². The Morgan fingerprint density at radius 2 is 2.07 bits per heavy atom. The summed E-state index contributed by atoms with van der Waals surface area (Å²) in [4.78, 5) is 2.48. The quantitative estimate of drug-likeness (QED) is 0.691. The molecule has 0 radical (unpaired) electrons. The molecular formula is C12H28N2S. The standard InChI is InChI=1S/C12H28N2S/c1-7-12(3,9-13-4)10-14(5)11(2)8-15-6/h11,13H,7-10H2,1-6H3. The van der Waals surface area contributed by atoms with Gasteiger partial charge < -0.3 is 10.2 Å². The van der Waals surface area contributed by atoms with Crippen molar-refractivity contribution in [3.8, 4) is 0 Å². The fourth-order valence-electron chi connectivity index (χ4n) is 1.85. The van der Waals surface area contributed by atoms with Gasteiger partial charge in [-0.25, -0.2) is 0 Å². The van der Waals surface area contributed by atoms with E-state index in [1.807, 2.05) is 18.8 Å². The number of hydrogen-bond donors (Lipinski definition) is 1. The van der Waals surface area contributed by atoms with Crippen LogP contribution in [0.3, 0.4) is 0 Å². The highest BCUT2D eigenvalue weighted by molar-refractivity contribution is 7.98. The molecule has 1 N–H and O–H groups in total. The van der Waals surface area contributed by atoms with Gasteiger partial charge in [0.05, 0.1) is 0 Å². The van der Waals surface area contributed by atoms with Crippen LogP contribution in [0, 0.1) is 5.41 Å². The second-order valence-corrected chi connectivity index (χ2v) is 5.82. The molecule has 15 heavy (non-hydrogen) atoms. The molecule has 0 aromatic carbocycles. The lowest BCUT2D eigenvalue weighted by Crippen LogP contribution is -2.43. The number of rotatable bonds is 8. The molecule has 2 atom stereocenters. The normalized spacial score (nSPS) is 17.8. The van der Waals surface area contributed by atoms with Gasteiger partial charge in [-0.3, -0.25) is 0 Å². The smallest absolute Gasteiger partial charge is 0.0155 e. The third kappa shape index (κ3) is 5.79. The summed E-state index contributed by atoms with van der Waals surface area (Å²) >= 11 is 1.93. The molecule has 0 aliphatic carbocycles. The van der Waals surface area contributed by atoms with E-state index in [4.69, 9.17) is 0 Å². The minimum atomic E-state index is 0.399. The second-order valence-electron chi connectivity index (χ2n) is 4.91. The van der Waals surface area contributed by atoms with Crippen LogP contribution in [0.15, 0.2) is 0 Å². The molecule has 92 valence electrons. The van der Waals surface area contributed by atoms with E-state index in [9.17, 15) is 0 Å². The minimum Gasteiger partial charge on any atom is -0.319 e. The number of hydrogen-bond acceptors (Lipinski definition) is 3. The van der Waals surface area contributed by atoms with Crippen LogP contribution >= 0.6 is 11.8 Å². The average molecular weight is 232 g/mol. The van der Waals surface area contributed by atoms with Crippen LogP contribution in [0.2, 0.25) is 0 Å². The molecule has 0 aliphatic heterocycles. The maximum Gasteiger partial charge on any atom is 0.0155 e. The zero-order chi connectivity index (χ0) is 11.9. The van der Waals surface area contributed by atoms with Gasteiger partial charge in [-0.1, -0.05) is 13.8 Å². The molecule has 0 rings (SSSR count). The Morgan fingerprint density at radius 1 is 1.47 bits per heavy atom. The van der Waals surface area contributed by atoms with E-state index < -0.39 is 0 Å². The Labute approximate surface area is 100 Å². The Hall–Kier alpha value is 0.270. The Bertz CT molecular complexity index is 164. The predicted molar refractivity (Wildman–Crippen MR) is 72.8 cm³/mol. The molecule has 0 fully saturated rings. The topological polar surface area (TPSA) is 15.3 Å². The fourth-order valence-corrected chi connectivity index (χ4v) is 2.58. The fraction of sp³-hybridized carbons (Fsp3) is 1.00. The number of thioether (sulfide) groups is 1. The monoisotopic (exact) mass is 232 g/mol. The molecule has 0 spiro atoms. The SMILES string of the molecule is CCC(C)(CNC)CN(C)C(C)CSC. The third-order valence-electron chi connectivity index (χ3n) is 3.25. The molecule has 0 aromatic rings. The Kier molecular flexibility index (Phi) is 7.66. The van der Waals surface area contributed by atoms with Gasteiger partial charge >= 0.3 is 0 Å². The van der Waals surface area contributed by atoms with Gasteiger partial charge in [0.2, 0.25) is 0 Å². The van der Waals surface area contributed by atoms with Crippen LogP contribution < -0.4 is 5.32 Å². The highest BCUT2D eigenvalue weighted by atomic mass is 32.2. The maximum atomic E-state index is 3.30. The van der Waals surface area contributed by atoms with Crippen LogP contribution in [0.1, 0.15) is 27.2 Å². The predicted octanol–water partition coefficient (Wildman–Crippen LogP) is 2.31. The first-order valence-corrected chi connectivity index (χ1v) is 7.22. The van der Waals surface area contributed by atoms with Gasteiger partial charge in [-0.15, -0.1) is 0 Å². The lowest BCUT2D eigenvalue weighted by atomic mass is 9.86. The summed E-state index contributed by atoms with van der Waals surface area (Å²) in [6, 6.07) is 0.669.